The third kappa shape index (κ3) is 4.50. The van der Waals surface area contributed by atoms with Crippen LogP contribution in [0.3, 0.4) is 0 Å². The van der Waals surface area contributed by atoms with E-state index in [-0.39, 0.29) is 32.0 Å². The highest BCUT2D eigenvalue weighted by atomic mass is 32.2. The summed E-state index contributed by atoms with van der Waals surface area (Å²) >= 11 is 6.11. The molecule has 0 saturated carbocycles. The number of benzene rings is 2. The van der Waals surface area contributed by atoms with Crippen molar-refractivity contribution in [2.75, 3.05) is 4.90 Å². The Kier molecular flexibility index (Phi) is 5.76. The highest BCUT2D eigenvalue weighted by molar-refractivity contribution is 8.27. The van der Waals surface area contributed by atoms with Gasteiger partial charge in [0.2, 0.25) is 0 Å². The number of hydrogen-bond acceptors (Lipinski definition) is 6. The smallest absolute Gasteiger partial charge is 0.416 e. The van der Waals surface area contributed by atoms with Crippen LogP contribution in [0.25, 0.3) is 17.4 Å². The van der Waals surface area contributed by atoms with Crippen LogP contribution in [-0.2, 0) is 11.0 Å². The third-order valence-corrected chi connectivity index (χ3v) is 5.94. The minimum Gasteiger partial charge on any atom is -0.507 e. The Morgan fingerprint density at radius 1 is 1.12 bits per heavy atom. The zero-order chi connectivity index (χ0) is 23.9. The van der Waals surface area contributed by atoms with Crippen molar-refractivity contribution in [3.63, 3.8) is 0 Å². The van der Waals surface area contributed by atoms with Gasteiger partial charge in [-0.25, -0.2) is 4.79 Å². The van der Waals surface area contributed by atoms with Gasteiger partial charge in [-0.3, -0.25) is 9.69 Å². The Balaban J connectivity index is 1.61. The van der Waals surface area contributed by atoms with E-state index in [9.17, 15) is 27.9 Å². The molecule has 1 amide bonds. The summed E-state index contributed by atoms with van der Waals surface area (Å²) in [5.41, 5.74) is -0.807. The average Bonchev–Trinajstić information content (AvgIpc) is 3.32. The van der Waals surface area contributed by atoms with Gasteiger partial charge in [0.15, 0.2) is 4.32 Å². The zero-order valence-electron chi connectivity index (χ0n) is 16.3. The monoisotopic (exact) mass is 491 g/mol. The average molecular weight is 491 g/mol. The molecule has 0 unspecified atom stereocenters. The van der Waals surface area contributed by atoms with Gasteiger partial charge in [0, 0.05) is 11.6 Å². The molecule has 168 valence electrons. The Morgan fingerprint density at radius 2 is 1.88 bits per heavy atom. The van der Waals surface area contributed by atoms with Crippen LogP contribution in [0.15, 0.2) is 63.9 Å². The van der Waals surface area contributed by atoms with Crippen molar-refractivity contribution in [2.45, 2.75) is 6.18 Å². The van der Waals surface area contributed by atoms with Gasteiger partial charge in [0.05, 0.1) is 16.2 Å². The molecule has 2 heterocycles. The third-order valence-electron chi connectivity index (χ3n) is 4.64. The number of carboxylic acids is 1. The van der Waals surface area contributed by atoms with Gasteiger partial charge in [-0.2, -0.15) is 13.2 Å². The standard InChI is InChI=1S/C22H12F3NO5S2/c23-22(24,25)12-2-1-3-13(9-12)26-19(28)18(33-21(26)32)10-14-5-7-17(31-14)11-4-6-16(27)15(8-11)20(29)30/h1-10,27H,(H,29,30)/b18-10-. The van der Waals surface area contributed by atoms with E-state index in [2.05, 4.69) is 0 Å². The molecule has 11 heteroatoms. The molecular formula is C22H12F3NO5S2. The van der Waals surface area contributed by atoms with Crippen LogP contribution in [0.4, 0.5) is 18.9 Å². The molecule has 4 rings (SSSR count). The van der Waals surface area contributed by atoms with Gasteiger partial charge in [-0.15, -0.1) is 0 Å². The fourth-order valence-electron chi connectivity index (χ4n) is 3.09. The number of phenols is 1. The molecule has 0 radical (unpaired) electrons. The first kappa shape index (κ1) is 22.6. The number of furan rings is 1. The van der Waals surface area contributed by atoms with E-state index in [1.165, 1.54) is 36.4 Å². The van der Waals surface area contributed by atoms with Crippen molar-refractivity contribution in [3.8, 4) is 17.1 Å². The summed E-state index contributed by atoms with van der Waals surface area (Å²) in [6, 6.07) is 11.3. The minimum atomic E-state index is -4.56. The maximum Gasteiger partial charge on any atom is 0.416 e. The van der Waals surface area contributed by atoms with Crippen LogP contribution >= 0.6 is 24.0 Å². The maximum absolute atomic E-state index is 13.0. The highest BCUT2D eigenvalue weighted by Gasteiger charge is 2.36. The van der Waals surface area contributed by atoms with Crippen molar-refractivity contribution in [2.24, 2.45) is 0 Å². The van der Waals surface area contributed by atoms with E-state index >= 15 is 0 Å². The second-order valence-corrected chi connectivity index (χ2v) is 8.48. The fourth-order valence-corrected chi connectivity index (χ4v) is 4.37. The van der Waals surface area contributed by atoms with Crippen LogP contribution in [0.1, 0.15) is 21.7 Å². The maximum atomic E-state index is 13.0. The number of aromatic carboxylic acids is 1. The number of anilines is 1. The molecule has 1 aliphatic heterocycles. The van der Waals surface area contributed by atoms with Gasteiger partial charge < -0.3 is 14.6 Å². The summed E-state index contributed by atoms with van der Waals surface area (Å²) < 4.78 is 44.8. The van der Waals surface area contributed by atoms with Gasteiger partial charge in [0.25, 0.3) is 5.91 Å². The molecule has 2 aromatic carbocycles. The van der Waals surface area contributed by atoms with Gasteiger partial charge in [-0.1, -0.05) is 30.0 Å². The van der Waals surface area contributed by atoms with E-state index in [4.69, 9.17) is 21.7 Å². The SMILES string of the molecule is O=C(O)c1cc(-c2ccc(/C=C3\SC(=S)N(c4cccc(C(F)(F)F)c4)C3=O)o2)ccc1O. The summed E-state index contributed by atoms with van der Waals surface area (Å²) in [4.78, 5) is 25.2. The molecule has 0 atom stereocenters. The number of aromatic hydroxyl groups is 1. The number of amides is 1. The predicted octanol–water partition coefficient (Wildman–Crippen LogP) is 5.78. The number of carbonyl (C=O) groups excluding carboxylic acids is 1. The van der Waals surface area contributed by atoms with E-state index in [1.807, 2.05) is 0 Å². The molecule has 1 fully saturated rings. The van der Waals surface area contributed by atoms with E-state index in [0.29, 0.717) is 5.56 Å². The second-order valence-electron chi connectivity index (χ2n) is 6.80. The zero-order valence-corrected chi connectivity index (χ0v) is 17.9. The topological polar surface area (TPSA) is 91.0 Å². The van der Waals surface area contributed by atoms with Crippen molar-refractivity contribution >= 4 is 51.9 Å². The number of halogens is 3. The molecule has 6 nitrogen and oxygen atoms in total. The normalized spacial score (nSPS) is 15.5. The molecule has 0 spiro atoms. The first-order valence-electron chi connectivity index (χ1n) is 9.16. The van der Waals surface area contributed by atoms with Gasteiger partial charge in [0.1, 0.15) is 22.8 Å². The van der Waals surface area contributed by atoms with E-state index in [0.717, 1.165) is 28.8 Å². The second kappa shape index (κ2) is 8.41. The van der Waals surface area contributed by atoms with Crippen LogP contribution in [-0.4, -0.2) is 26.4 Å². The molecule has 0 aliphatic carbocycles. The molecule has 1 saturated heterocycles. The quantitative estimate of drug-likeness (QED) is 0.353. The fraction of sp³-hybridized carbons (Fsp3) is 0.0455. The summed E-state index contributed by atoms with van der Waals surface area (Å²) in [5, 5.41) is 18.8. The van der Waals surface area contributed by atoms with Gasteiger partial charge in [-0.05, 0) is 48.5 Å². The number of alkyl halides is 3. The van der Waals surface area contributed by atoms with Crippen LogP contribution < -0.4 is 4.90 Å². The molecule has 0 bridgehead atoms. The molecule has 3 aromatic rings. The first-order chi connectivity index (χ1) is 15.5. The molecular weight excluding hydrogens is 479 g/mol. The number of hydrogen-bond donors (Lipinski definition) is 2. The number of thioether (sulfide) groups is 1. The van der Waals surface area contributed by atoms with Crippen molar-refractivity contribution in [1.29, 1.82) is 0 Å². The Labute approximate surface area is 193 Å². The summed E-state index contributed by atoms with van der Waals surface area (Å²) in [5.74, 6) is -1.76. The summed E-state index contributed by atoms with van der Waals surface area (Å²) in [7, 11) is 0. The van der Waals surface area contributed by atoms with E-state index < -0.39 is 29.4 Å². The highest BCUT2D eigenvalue weighted by Crippen LogP contribution is 2.39. The lowest BCUT2D eigenvalue weighted by atomic mass is 10.1. The summed E-state index contributed by atoms with van der Waals surface area (Å²) in [6.45, 7) is 0. The van der Waals surface area contributed by atoms with E-state index in [1.54, 1.807) is 12.1 Å². The molecule has 2 N–H and O–H groups in total. The Morgan fingerprint density at radius 3 is 2.58 bits per heavy atom. The number of carbonyl (C=O) groups is 2. The number of carboxylic acid groups (broad SMARTS) is 1. The first-order valence-corrected chi connectivity index (χ1v) is 10.4. The lowest BCUT2D eigenvalue weighted by Crippen LogP contribution is -2.27. The minimum absolute atomic E-state index is 0.00107. The Hall–Kier alpha value is -3.57. The van der Waals surface area contributed by atoms with Crippen LogP contribution in [0.2, 0.25) is 0 Å². The summed E-state index contributed by atoms with van der Waals surface area (Å²) in [6.07, 6.45) is -3.17. The van der Waals surface area contributed by atoms with Crippen molar-refractivity contribution in [1.82, 2.24) is 0 Å². The lowest BCUT2D eigenvalue weighted by molar-refractivity contribution is -0.137. The molecule has 33 heavy (non-hydrogen) atoms. The molecule has 1 aliphatic rings. The van der Waals surface area contributed by atoms with Crippen LogP contribution in [0, 0.1) is 0 Å². The largest absolute Gasteiger partial charge is 0.507 e. The predicted molar refractivity (Wildman–Crippen MR) is 120 cm³/mol. The van der Waals surface area contributed by atoms with Crippen LogP contribution in [0.5, 0.6) is 5.75 Å². The Bertz CT molecular complexity index is 1330. The number of rotatable bonds is 4. The lowest BCUT2D eigenvalue weighted by Gasteiger charge is -2.16. The molecule has 1 aromatic heterocycles. The number of nitrogens with zero attached hydrogens (tertiary/aromatic N) is 1. The number of thiocarbonyl (C=S) groups is 1. The van der Waals surface area contributed by atoms with Crippen molar-refractivity contribution in [3.05, 3.63) is 76.4 Å². The van der Waals surface area contributed by atoms with Crippen molar-refractivity contribution < 1.29 is 37.4 Å². The van der Waals surface area contributed by atoms with Gasteiger partial charge >= 0.3 is 12.1 Å².